The van der Waals surface area contributed by atoms with Gasteiger partial charge in [-0.3, -0.25) is 14.4 Å². The zero-order chi connectivity index (χ0) is 18.7. The van der Waals surface area contributed by atoms with Crippen LogP contribution < -0.4 is 10.9 Å². The molecule has 0 aliphatic carbocycles. The smallest absolute Gasteiger partial charge is 0.417 e. The van der Waals surface area contributed by atoms with Crippen LogP contribution in [-0.2, 0) is 16.6 Å². The molecule has 9 heteroatoms. The summed E-state index contributed by atoms with van der Waals surface area (Å²) in [6, 6.07) is 10.8. The lowest BCUT2D eigenvalue weighted by atomic mass is 10.1. The van der Waals surface area contributed by atoms with E-state index in [1.807, 2.05) is 6.07 Å². The minimum absolute atomic E-state index is 0.0448. The summed E-state index contributed by atoms with van der Waals surface area (Å²) in [7, 11) is 1.44. The highest BCUT2D eigenvalue weighted by molar-refractivity contribution is 5.98. The normalized spacial score (nSPS) is 14.9. The second-order valence-corrected chi connectivity index (χ2v) is 5.68. The number of hydrogen-bond acceptors (Lipinski definition) is 6. The molecule has 0 spiro atoms. The first kappa shape index (κ1) is 17.3. The summed E-state index contributed by atoms with van der Waals surface area (Å²) in [6.45, 7) is -0.379. The van der Waals surface area contributed by atoms with Crippen molar-refractivity contribution in [3.63, 3.8) is 0 Å². The van der Waals surface area contributed by atoms with Crippen LogP contribution in [0.4, 0.5) is 4.79 Å². The standard InChI is InChI=1S/C17H16N4O5/c1-20-14(22)8-7-12(19-20)16(24)18-13(11-5-3-2-4-6-11)9-21-15(23)10-26-17(21)25/h2-8,13H,9-10H2,1H3,(H,18,24)/t13-/m0/s1. The summed E-state index contributed by atoms with van der Waals surface area (Å²) in [5.74, 6) is -1.00. The van der Waals surface area contributed by atoms with Gasteiger partial charge in [-0.25, -0.2) is 14.4 Å². The Labute approximate surface area is 148 Å². The Balaban J connectivity index is 1.84. The van der Waals surface area contributed by atoms with E-state index in [0.29, 0.717) is 5.56 Å². The molecule has 3 amide bonds. The van der Waals surface area contributed by atoms with E-state index >= 15 is 0 Å². The number of rotatable bonds is 5. The van der Waals surface area contributed by atoms with E-state index in [1.165, 1.54) is 19.2 Å². The summed E-state index contributed by atoms with van der Waals surface area (Å²) >= 11 is 0. The molecular weight excluding hydrogens is 340 g/mol. The van der Waals surface area contributed by atoms with Crippen LogP contribution in [-0.4, -0.2) is 45.7 Å². The van der Waals surface area contributed by atoms with Crippen LogP contribution in [0.1, 0.15) is 22.1 Å². The molecule has 1 N–H and O–H groups in total. The third-order valence-corrected chi connectivity index (χ3v) is 3.91. The second kappa shape index (κ2) is 7.18. The van der Waals surface area contributed by atoms with E-state index in [9.17, 15) is 19.2 Å². The highest BCUT2D eigenvalue weighted by atomic mass is 16.6. The lowest BCUT2D eigenvalue weighted by Gasteiger charge is -2.22. The third kappa shape index (κ3) is 3.61. The van der Waals surface area contributed by atoms with E-state index in [1.54, 1.807) is 24.3 Å². The molecule has 0 bridgehead atoms. The molecule has 9 nitrogen and oxygen atoms in total. The van der Waals surface area contributed by atoms with Crippen molar-refractivity contribution in [2.24, 2.45) is 7.05 Å². The molecule has 0 saturated carbocycles. The number of cyclic esters (lactones) is 1. The first-order valence-corrected chi connectivity index (χ1v) is 7.83. The summed E-state index contributed by atoms with van der Waals surface area (Å²) < 4.78 is 5.76. The van der Waals surface area contributed by atoms with Gasteiger partial charge in [0.15, 0.2) is 6.61 Å². The van der Waals surface area contributed by atoms with Crippen LogP contribution in [0, 0.1) is 0 Å². The Morgan fingerprint density at radius 3 is 2.54 bits per heavy atom. The Morgan fingerprint density at radius 1 is 1.19 bits per heavy atom. The molecule has 1 aromatic heterocycles. The number of amides is 3. The molecule has 2 heterocycles. The fourth-order valence-electron chi connectivity index (χ4n) is 2.52. The number of aryl methyl sites for hydroxylation is 1. The number of aromatic nitrogens is 2. The monoisotopic (exact) mass is 356 g/mol. The first-order valence-electron chi connectivity index (χ1n) is 7.83. The van der Waals surface area contributed by atoms with Crippen molar-refractivity contribution >= 4 is 17.9 Å². The maximum absolute atomic E-state index is 12.5. The number of hydrogen-bond donors (Lipinski definition) is 1. The average molecular weight is 356 g/mol. The van der Waals surface area contributed by atoms with Crippen molar-refractivity contribution in [1.82, 2.24) is 20.0 Å². The minimum Gasteiger partial charge on any atom is -0.439 e. The third-order valence-electron chi connectivity index (χ3n) is 3.91. The first-order chi connectivity index (χ1) is 12.5. The molecule has 2 aromatic rings. The van der Waals surface area contributed by atoms with Gasteiger partial charge in [-0.05, 0) is 11.6 Å². The van der Waals surface area contributed by atoms with Crippen molar-refractivity contribution in [2.45, 2.75) is 6.04 Å². The van der Waals surface area contributed by atoms with Crippen LogP contribution in [0.3, 0.4) is 0 Å². The van der Waals surface area contributed by atoms with E-state index in [0.717, 1.165) is 9.58 Å². The van der Waals surface area contributed by atoms with Crippen molar-refractivity contribution < 1.29 is 19.1 Å². The van der Waals surface area contributed by atoms with Gasteiger partial charge in [-0.15, -0.1) is 0 Å². The van der Waals surface area contributed by atoms with Crippen molar-refractivity contribution in [3.05, 3.63) is 64.1 Å². The van der Waals surface area contributed by atoms with Crippen molar-refractivity contribution in [3.8, 4) is 0 Å². The van der Waals surface area contributed by atoms with E-state index in [-0.39, 0.29) is 24.4 Å². The number of nitrogens with one attached hydrogen (secondary N) is 1. The highest BCUT2D eigenvalue weighted by Crippen LogP contribution is 2.17. The maximum atomic E-state index is 12.5. The number of nitrogens with zero attached hydrogens (tertiary/aromatic N) is 3. The van der Waals surface area contributed by atoms with Gasteiger partial charge in [0.25, 0.3) is 17.4 Å². The van der Waals surface area contributed by atoms with E-state index in [2.05, 4.69) is 10.4 Å². The van der Waals surface area contributed by atoms with Crippen LogP contribution in [0.15, 0.2) is 47.3 Å². The molecule has 1 saturated heterocycles. The lowest BCUT2D eigenvalue weighted by molar-refractivity contribution is -0.126. The van der Waals surface area contributed by atoms with Gasteiger partial charge in [-0.2, -0.15) is 5.10 Å². The predicted molar refractivity (Wildman–Crippen MR) is 89.2 cm³/mol. The molecule has 1 aliphatic heterocycles. The van der Waals surface area contributed by atoms with Crippen LogP contribution in [0.2, 0.25) is 0 Å². The van der Waals surface area contributed by atoms with Gasteiger partial charge in [-0.1, -0.05) is 30.3 Å². The SMILES string of the molecule is Cn1nc(C(=O)N[C@@H](CN2C(=O)COC2=O)c2ccccc2)ccc1=O. The summed E-state index contributed by atoms with van der Waals surface area (Å²) in [4.78, 5) is 48.4. The largest absolute Gasteiger partial charge is 0.439 e. The quantitative estimate of drug-likeness (QED) is 0.821. The fourth-order valence-corrected chi connectivity index (χ4v) is 2.52. The molecule has 0 radical (unpaired) electrons. The van der Waals surface area contributed by atoms with E-state index in [4.69, 9.17) is 4.74 Å². The molecule has 1 aliphatic rings. The number of imide groups is 1. The lowest BCUT2D eigenvalue weighted by Crippen LogP contribution is -2.41. The summed E-state index contributed by atoms with van der Waals surface area (Å²) in [5.41, 5.74) is 0.410. The number of carbonyl (C=O) groups excluding carboxylic acids is 3. The highest BCUT2D eigenvalue weighted by Gasteiger charge is 2.34. The maximum Gasteiger partial charge on any atom is 0.417 e. The molecule has 0 unspecified atom stereocenters. The molecule has 1 atom stereocenters. The molecule has 1 aromatic carbocycles. The van der Waals surface area contributed by atoms with Gasteiger partial charge in [0, 0.05) is 13.1 Å². The van der Waals surface area contributed by atoms with Crippen molar-refractivity contribution in [2.75, 3.05) is 13.2 Å². The number of ether oxygens (including phenoxy) is 1. The zero-order valence-corrected chi connectivity index (χ0v) is 13.9. The number of benzene rings is 1. The molecule has 134 valence electrons. The summed E-state index contributed by atoms with van der Waals surface area (Å²) in [5, 5.41) is 6.65. The minimum atomic E-state index is -0.745. The second-order valence-electron chi connectivity index (χ2n) is 5.68. The average Bonchev–Trinajstić information content (AvgIpc) is 2.96. The molecular formula is C17H16N4O5. The van der Waals surface area contributed by atoms with Gasteiger partial charge in [0.05, 0.1) is 12.6 Å². The Hall–Kier alpha value is -3.49. The van der Waals surface area contributed by atoms with Gasteiger partial charge in [0.1, 0.15) is 5.69 Å². The Kier molecular flexibility index (Phi) is 4.78. The van der Waals surface area contributed by atoms with Gasteiger partial charge >= 0.3 is 6.09 Å². The Bertz CT molecular complexity index is 893. The van der Waals surface area contributed by atoms with Gasteiger partial charge in [0.2, 0.25) is 0 Å². The number of carbonyl (C=O) groups is 3. The van der Waals surface area contributed by atoms with E-state index < -0.39 is 23.9 Å². The predicted octanol–water partition coefficient (Wildman–Crippen LogP) is 0.230. The summed E-state index contributed by atoms with van der Waals surface area (Å²) in [6.07, 6.45) is -0.745. The molecule has 26 heavy (non-hydrogen) atoms. The Morgan fingerprint density at radius 2 is 1.92 bits per heavy atom. The fraction of sp³-hybridized carbons (Fsp3) is 0.235. The topological polar surface area (TPSA) is 111 Å². The van der Waals surface area contributed by atoms with Gasteiger partial charge < -0.3 is 10.1 Å². The van der Waals surface area contributed by atoms with Crippen LogP contribution in [0.25, 0.3) is 0 Å². The van der Waals surface area contributed by atoms with Crippen molar-refractivity contribution in [1.29, 1.82) is 0 Å². The molecule has 3 rings (SSSR count). The van der Waals surface area contributed by atoms with Crippen LogP contribution in [0.5, 0.6) is 0 Å². The molecule has 1 fully saturated rings. The van der Waals surface area contributed by atoms with Crippen LogP contribution >= 0.6 is 0 Å². The zero-order valence-electron chi connectivity index (χ0n) is 13.9.